The Bertz CT molecular complexity index is 1260. The number of aryl methyl sites for hydroxylation is 1. The highest BCUT2D eigenvalue weighted by atomic mass is 16.5. The minimum atomic E-state index is -0.123. The molecule has 1 atom stereocenters. The number of H-pyrrole nitrogens is 1. The third-order valence-corrected chi connectivity index (χ3v) is 7.65. The van der Waals surface area contributed by atoms with E-state index in [0.29, 0.717) is 23.0 Å². The Labute approximate surface area is 199 Å². The number of nitrogens with zero attached hydrogens (tertiary/aromatic N) is 4. The Morgan fingerprint density at radius 3 is 2.74 bits per heavy atom. The van der Waals surface area contributed by atoms with Crippen molar-refractivity contribution in [2.45, 2.75) is 58.0 Å². The SMILES string of the molecule is COCCCCN1CCN(C(=O)c2cc3c(cc2C)[nH]c(=O)c2cnn(C4CCC4)c23)C[C@H]1C. The summed E-state index contributed by atoms with van der Waals surface area (Å²) in [5, 5.41) is 6.05. The highest BCUT2D eigenvalue weighted by Gasteiger charge is 2.29. The summed E-state index contributed by atoms with van der Waals surface area (Å²) in [5.41, 5.74) is 3.09. The average Bonchev–Trinajstić information content (AvgIpc) is 3.21. The topological polar surface area (TPSA) is 83.5 Å². The van der Waals surface area contributed by atoms with Gasteiger partial charge in [0.05, 0.1) is 28.7 Å². The molecule has 1 amide bonds. The Kier molecular flexibility index (Phi) is 6.44. The van der Waals surface area contributed by atoms with Crippen LogP contribution < -0.4 is 5.56 Å². The molecule has 1 saturated carbocycles. The predicted molar refractivity (Wildman–Crippen MR) is 134 cm³/mol. The summed E-state index contributed by atoms with van der Waals surface area (Å²) in [4.78, 5) is 33.8. The molecule has 2 aliphatic rings. The van der Waals surface area contributed by atoms with Crippen molar-refractivity contribution < 1.29 is 9.53 Å². The third-order valence-electron chi connectivity index (χ3n) is 7.65. The van der Waals surface area contributed by atoms with Crippen LogP contribution in [-0.4, -0.2) is 76.4 Å². The van der Waals surface area contributed by atoms with Crippen molar-refractivity contribution >= 4 is 27.7 Å². The van der Waals surface area contributed by atoms with E-state index in [1.165, 1.54) is 6.42 Å². The van der Waals surface area contributed by atoms with Gasteiger partial charge in [-0.05, 0) is 70.2 Å². The van der Waals surface area contributed by atoms with Gasteiger partial charge in [0.15, 0.2) is 0 Å². The zero-order valence-electron chi connectivity index (χ0n) is 20.5. The van der Waals surface area contributed by atoms with Crippen LogP contribution in [-0.2, 0) is 4.74 Å². The Hall–Kier alpha value is -2.71. The summed E-state index contributed by atoms with van der Waals surface area (Å²) in [7, 11) is 1.74. The maximum Gasteiger partial charge on any atom is 0.259 e. The standard InChI is InChI=1S/C26H35N5O3/c1-17-13-23-21(24-22(25(32)28-23)15-27-31(24)19-7-6-8-19)14-20(17)26(33)30-11-10-29(18(2)16-30)9-4-5-12-34-3/h13-15,18-19H,4-12,16H2,1-3H3,(H,28,32)/t18-/m1/s1. The lowest BCUT2D eigenvalue weighted by molar-refractivity contribution is 0.0505. The number of rotatable bonds is 7. The van der Waals surface area contributed by atoms with E-state index < -0.39 is 0 Å². The molecule has 0 unspecified atom stereocenters. The quantitative estimate of drug-likeness (QED) is 0.540. The van der Waals surface area contributed by atoms with Crippen LogP contribution in [0.4, 0.5) is 0 Å². The molecule has 1 N–H and O–H groups in total. The van der Waals surface area contributed by atoms with E-state index in [-0.39, 0.29) is 11.5 Å². The van der Waals surface area contributed by atoms with Gasteiger partial charge >= 0.3 is 0 Å². The van der Waals surface area contributed by atoms with E-state index in [9.17, 15) is 9.59 Å². The fraction of sp³-hybridized carbons (Fsp3) is 0.577. The number of carbonyl (C=O) groups excluding carboxylic acids is 1. The summed E-state index contributed by atoms with van der Waals surface area (Å²) in [6, 6.07) is 4.57. The van der Waals surface area contributed by atoms with Crippen LogP contribution in [0.1, 0.15) is 61.0 Å². The molecule has 2 aromatic heterocycles. The molecule has 1 aliphatic carbocycles. The number of ether oxygens (including phenoxy) is 1. The van der Waals surface area contributed by atoms with Crippen molar-refractivity contribution in [3.63, 3.8) is 0 Å². The average molecular weight is 466 g/mol. The summed E-state index contributed by atoms with van der Waals surface area (Å²) in [6.45, 7) is 8.33. The van der Waals surface area contributed by atoms with E-state index in [1.807, 2.05) is 28.6 Å². The summed E-state index contributed by atoms with van der Waals surface area (Å²) in [6.07, 6.45) is 7.19. The first kappa shape index (κ1) is 23.1. The minimum absolute atomic E-state index is 0.0688. The number of amides is 1. The molecule has 8 heteroatoms. The van der Waals surface area contributed by atoms with Gasteiger partial charge in [0.25, 0.3) is 11.5 Å². The van der Waals surface area contributed by atoms with Crippen LogP contribution in [0.25, 0.3) is 21.8 Å². The molecule has 1 saturated heterocycles. The molecule has 3 heterocycles. The molecular weight excluding hydrogens is 430 g/mol. The molecule has 0 radical (unpaired) electrons. The number of benzene rings is 1. The van der Waals surface area contributed by atoms with Gasteiger partial charge in [0, 0.05) is 50.3 Å². The number of aromatic nitrogens is 3. The molecule has 2 fully saturated rings. The lowest BCUT2D eigenvalue weighted by atomic mass is 9.93. The van der Waals surface area contributed by atoms with Gasteiger partial charge in [-0.2, -0.15) is 5.10 Å². The summed E-state index contributed by atoms with van der Waals surface area (Å²) in [5.74, 6) is 0.0688. The highest BCUT2D eigenvalue weighted by Crippen LogP contribution is 2.35. The molecule has 34 heavy (non-hydrogen) atoms. The molecule has 8 nitrogen and oxygen atoms in total. The lowest BCUT2D eigenvalue weighted by Crippen LogP contribution is -2.53. The molecule has 0 bridgehead atoms. The molecule has 3 aromatic rings. The molecule has 182 valence electrons. The molecule has 0 spiro atoms. The molecular formula is C26H35N5O3. The van der Waals surface area contributed by atoms with Crippen LogP contribution in [0.5, 0.6) is 0 Å². The van der Waals surface area contributed by atoms with Crippen molar-refractivity contribution in [1.82, 2.24) is 24.6 Å². The maximum absolute atomic E-state index is 13.6. The number of aromatic amines is 1. The van der Waals surface area contributed by atoms with E-state index >= 15 is 0 Å². The second-order valence-electron chi connectivity index (χ2n) is 9.94. The van der Waals surface area contributed by atoms with Gasteiger partial charge in [0.1, 0.15) is 0 Å². The van der Waals surface area contributed by atoms with Crippen molar-refractivity contribution in [3.05, 3.63) is 39.8 Å². The van der Waals surface area contributed by atoms with Gasteiger partial charge < -0.3 is 14.6 Å². The number of pyridine rings is 1. The van der Waals surface area contributed by atoms with Gasteiger partial charge in [0.2, 0.25) is 0 Å². The Morgan fingerprint density at radius 1 is 1.21 bits per heavy atom. The lowest BCUT2D eigenvalue weighted by Gasteiger charge is -2.40. The van der Waals surface area contributed by atoms with E-state index in [4.69, 9.17) is 4.74 Å². The number of hydrogen-bond acceptors (Lipinski definition) is 5. The Morgan fingerprint density at radius 2 is 2.03 bits per heavy atom. The Balaban J connectivity index is 1.42. The van der Waals surface area contributed by atoms with Gasteiger partial charge in [-0.25, -0.2) is 0 Å². The fourth-order valence-corrected chi connectivity index (χ4v) is 5.38. The number of nitrogens with one attached hydrogen (secondary N) is 1. The summed E-state index contributed by atoms with van der Waals surface area (Å²) < 4.78 is 7.16. The van der Waals surface area contributed by atoms with Crippen LogP contribution in [0.3, 0.4) is 0 Å². The number of piperazine rings is 1. The summed E-state index contributed by atoms with van der Waals surface area (Å²) >= 11 is 0. The molecule has 5 rings (SSSR count). The van der Waals surface area contributed by atoms with Crippen LogP contribution in [0, 0.1) is 6.92 Å². The first-order valence-corrected chi connectivity index (χ1v) is 12.5. The van der Waals surface area contributed by atoms with Crippen molar-refractivity contribution in [1.29, 1.82) is 0 Å². The van der Waals surface area contributed by atoms with Crippen molar-refractivity contribution in [3.8, 4) is 0 Å². The smallest absolute Gasteiger partial charge is 0.259 e. The number of unbranched alkanes of at least 4 members (excludes halogenated alkanes) is 1. The first-order valence-electron chi connectivity index (χ1n) is 12.5. The number of hydrogen-bond donors (Lipinski definition) is 1. The number of carbonyl (C=O) groups is 1. The normalized spacial score (nSPS) is 19.7. The fourth-order valence-electron chi connectivity index (χ4n) is 5.38. The minimum Gasteiger partial charge on any atom is -0.385 e. The van der Waals surface area contributed by atoms with E-state index in [2.05, 4.69) is 21.9 Å². The van der Waals surface area contributed by atoms with E-state index in [1.54, 1.807) is 13.3 Å². The van der Waals surface area contributed by atoms with E-state index in [0.717, 1.165) is 80.5 Å². The predicted octanol–water partition coefficient (Wildman–Crippen LogP) is 3.48. The largest absolute Gasteiger partial charge is 0.385 e. The zero-order valence-corrected chi connectivity index (χ0v) is 20.5. The molecule has 1 aromatic carbocycles. The van der Waals surface area contributed by atoms with Crippen LogP contribution in [0.2, 0.25) is 0 Å². The second kappa shape index (κ2) is 9.50. The maximum atomic E-state index is 13.6. The van der Waals surface area contributed by atoms with Crippen molar-refractivity contribution in [2.75, 3.05) is 39.9 Å². The monoisotopic (exact) mass is 465 g/mol. The molecule has 1 aliphatic heterocycles. The van der Waals surface area contributed by atoms with Gasteiger partial charge in [-0.1, -0.05) is 0 Å². The zero-order chi connectivity index (χ0) is 23.8. The van der Waals surface area contributed by atoms with Gasteiger partial charge in [-0.3, -0.25) is 19.2 Å². The van der Waals surface area contributed by atoms with Crippen LogP contribution >= 0.6 is 0 Å². The second-order valence-corrected chi connectivity index (χ2v) is 9.94. The van der Waals surface area contributed by atoms with Crippen molar-refractivity contribution in [2.24, 2.45) is 0 Å². The number of fused-ring (bicyclic) bond motifs is 3. The van der Waals surface area contributed by atoms with Gasteiger partial charge in [-0.15, -0.1) is 0 Å². The van der Waals surface area contributed by atoms with Crippen LogP contribution in [0.15, 0.2) is 23.1 Å². The highest BCUT2D eigenvalue weighted by molar-refractivity contribution is 6.07. The third kappa shape index (κ3) is 4.14. The first-order chi connectivity index (χ1) is 16.5. The number of methoxy groups -OCH3 is 1.